The second-order valence-electron chi connectivity index (χ2n) is 5.40. The number of phenolic OH excluding ortho intramolecular Hbond substituents is 1. The average molecular weight is 313 g/mol. The molecule has 2 aromatic carbocycles. The molecule has 6 heteroatoms. The molecule has 1 amide bonds. The molecule has 2 unspecified atom stereocenters. The molecule has 2 aromatic rings. The van der Waals surface area contributed by atoms with Crippen molar-refractivity contribution in [3.63, 3.8) is 0 Å². The Morgan fingerprint density at radius 3 is 2.39 bits per heavy atom. The van der Waals surface area contributed by atoms with Crippen LogP contribution < -0.4 is 0 Å². The molecule has 0 spiro atoms. The van der Waals surface area contributed by atoms with Crippen LogP contribution in [0.3, 0.4) is 0 Å². The van der Waals surface area contributed by atoms with E-state index in [-0.39, 0.29) is 12.2 Å². The predicted molar refractivity (Wildman–Crippen MR) is 80.8 cm³/mol. The van der Waals surface area contributed by atoms with Gasteiger partial charge in [0.05, 0.1) is 0 Å². The monoisotopic (exact) mass is 313 g/mol. The van der Waals surface area contributed by atoms with E-state index in [1.54, 1.807) is 36.4 Å². The van der Waals surface area contributed by atoms with Crippen LogP contribution in [0.25, 0.3) is 0 Å². The first-order valence-electron chi connectivity index (χ1n) is 7.09. The van der Waals surface area contributed by atoms with Crippen molar-refractivity contribution < 1.29 is 24.9 Å². The Balaban J connectivity index is 1.92. The van der Waals surface area contributed by atoms with Gasteiger partial charge in [-0.05, 0) is 23.8 Å². The van der Waals surface area contributed by atoms with E-state index >= 15 is 0 Å². The predicted octanol–water partition coefficient (Wildman–Crippen LogP) is 1.53. The fourth-order valence-electron chi connectivity index (χ4n) is 2.79. The number of fused-ring (bicyclic) bond motifs is 1. The highest BCUT2D eigenvalue weighted by Gasteiger charge is 2.42. The number of aliphatic hydroxyl groups is 1. The quantitative estimate of drug-likeness (QED) is 0.795. The molecule has 0 saturated heterocycles. The molecule has 1 aliphatic rings. The van der Waals surface area contributed by atoms with Crippen molar-refractivity contribution in [1.82, 2.24) is 4.90 Å². The van der Waals surface area contributed by atoms with Crippen molar-refractivity contribution in [2.24, 2.45) is 0 Å². The number of carboxylic acid groups (broad SMARTS) is 1. The van der Waals surface area contributed by atoms with Gasteiger partial charge in [-0.2, -0.15) is 0 Å². The van der Waals surface area contributed by atoms with E-state index in [9.17, 15) is 24.9 Å². The molecule has 6 nitrogen and oxygen atoms in total. The van der Waals surface area contributed by atoms with Crippen molar-refractivity contribution in [3.8, 4) is 5.75 Å². The highest BCUT2D eigenvalue weighted by Crippen LogP contribution is 2.34. The lowest BCUT2D eigenvalue weighted by Crippen LogP contribution is -2.45. The van der Waals surface area contributed by atoms with E-state index in [2.05, 4.69) is 0 Å². The van der Waals surface area contributed by atoms with Crippen molar-refractivity contribution in [2.45, 2.75) is 18.7 Å². The number of hydrogen-bond acceptors (Lipinski definition) is 4. The molecule has 118 valence electrons. The number of carboxylic acids is 1. The molecule has 0 bridgehead atoms. The fraction of sp³-hybridized carbons (Fsp3) is 0.176. The van der Waals surface area contributed by atoms with Crippen LogP contribution in [0.5, 0.6) is 5.75 Å². The zero-order valence-electron chi connectivity index (χ0n) is 12.1. The molecule has 23 heavy (non-hydrogen) atoms. The summed E-state index contributed by atoms with van der Waals surface area (Å²) in [5.41, 5.74) is 1.37. The Morgan fingerprint density at radius 2 is 1.78 bits per heavy atom. The van der Waals surface area contributed by atoms with Crippen LogP contribution in [0.2, 0.25) is 0 Å². The normalized spacial score (nSPS) is 17.9. The smallest absolute Gasteiger partial charge is 0.326 e. The molecule has 1 aliphatic heterocycles. The largest absolute Gasteiger partial charge is 0.508 e. The van der Waals surface area contributed by atoms with Gasteiger partial charge in [-0.15, -0.1) is 0 Å². The van der Waals surface area contributed by atoms with E-state index in [0.29, 0.717) is 16.7 Å². The summed E-state index contributed by atoms with van der Waals surface area (Å²) < 4.78 is 0. The van der Waals surface area contributed by atoms with Gasteiger partial charge in [-0.1, -0.05) is 30.3 Å². The third kappa shape index (κ3) is 2.64. The van der Waals surface area contributed by atoms with Gasteiger partial charge in [0.25, 0.3) is 5.91 Å². The second-order valence-corrected chi connectivity index (χ2v) is 5.40. The lowest BCUT2D eigenvalue weighted by molar-refractivity contribution is -0.145. The van der Waals surface area contributed by atoms with Crippen LogP contribution in [0, 0.1) is 0 Å². The summed E-state index contributed by atoms with van der Waals surface area (Å²) in [6.07, 6.45) is -1.25. The van der Waals surface area contributed by atoms with Crippen molar-refractivity contribution in [1.29, 1.82) is 0 Å². The summed E-state index contributed by atoms with van der Waals surface area (Å²) >= 11 is 0. The summed E-state index contributed by atoms with van der Waals surface area (Å²) in [6.45, 7) is 0. The van der Waals surface area contributed by atoms with E-state index in [1.807, 2.05) is 0 Å². The highest BCUT2D eigenvalue weighted by atomic mass is 16.4. The molecule has 0 saturated carbocycles. The second kappa shape index (κ2) is 5.73. The minimum atomic E-state index is -1.28. The number of hydrogen-bond donors (Lipinski definition) is 3. The topological polar surface area (TPSA) is 98.1 Å². The summed E-state index contributed by atoms with van der Waals surface area (Å²) in [4.78, 5) is 25.1. The van der Waals surface area contributed by atoms with Gasteiger partial charge in [0.2, 0.25) is 0 Å². The van der Waals surface area contributed by atoms with Gasteiger partial charge in [0.1, 0.15) is 11.8 Å². The van der Waals surface area contributed by atoms with E-state index in [1.165, 1.54) is 12.1 Å². The third-order valence-corrected chi connectivity index (χ3v) is 3.95. The maximum Gasteiger partial charge on any atom is 0.326 e. The first-order valence-corrected chi connectivity index (χ1v) is 7.09. The summed E-state index contributed by atoms with van der Waals surface area (Å²) in [6, 6.07) is 11.4. The van der Waals surface area contributed by atoms with Crippen molar-refractivity contribution in [3.05, 3.63) is 65.2 Å². The molecule has 3 rings (SSSR count). The molecule has 2 atom stereocenters. The van der Waals surface area contributed by atoms with Crippen LogP contribution in [0.1, 0.15) is 27.7 Å². The molecule has 0 radical (unpaired) electrons. The van der Waals surface area contributed by atoms with Crippen molar-refractivity contribution in [2.75, 3.05) is 0 Å². The van der Waals surface area contributed by atoms with Gasteiger partial charge >= 0.3 is 5.97 Å². The fourth-order valence-corrected chi connectivity index (χ4v) is 2.79. The maximum absolute atomic E-state index is 12.5. The molecule has 3 N–H and O–H groups in total. The standard InChI is InChI=1S/C17H15NO5/c19-11-7-5-10(6-8-11)9-14(17(22)23)18-15(20)12-3-1-2-4-13(12)16(18)21/h1-8,14-15,19-20H,9H2,(H,22,23). The summed E-state index contributed by atoms with van der Waals surface area (Å²) in [5, 5.41) is 29.2. The lowest BCUT2D eigenvalue weighted by atomic mass is 10.0. The minimum Gasteiger partial charge on any atom is -0.508 e. The Morgan fingerprint density at radius 1 is 1.13 bits per heavy atom. The summed E-state index contributed by atoms with van der Waals surface area (Å²) in [5.74, 6) is -1.62. The van der Waals surface area contributed by atoms with Gasteiger partial charge in [-0.25, -0.2) is 4.79 Å². The third-order valence-electron chi connectivity index (χ3n) is 3.95. The van der Waals surface area contributed by atoms with Crippen LogP contribution >= 0.6 is 0 Å². The number of amides is 1. The molecular formula is C17H15NO5. The number of aromatic hydroxyl groups is 1. The zero-order valence-corrected chi connectivity index (χ0v) is 12.1. The lowest BCUT2D eigenvalue weighted by Gasteiger charge is -2.28. The number of carbonyl (C=O) groups is 2. The van der Waals surface area contributed by atoms with Crippen LogP contribution in [0.15, 0.2) is 48.5 Å². The van der Waals surface area contributed by atoms with Gasteiger partial charge < -0.3 is 15.3 Å². The number of aliphatic carboxylic acids is 1. The maximum atomic E-state index is 12.5. The number of rotatable bonds is 4. The molecule has 0 aromatic heterocycles. The zero-order chi connectivity index (χ0) is 16.6. The molecule has 0 aliphatic carbocycles. The molecule has 1 heterocycles. The number of carbonyl (C=O) groups excluding carboxylic acids is 1. The average Bonchev–Trinajstić information content (AvgIpc) is 2.79. The number of benzene rings is 2. The van der Waals surface area contributed by atoms with E-state index < -0.39 is 24.1 Å². The van der Waals surface area contributed by atoms with E-state index in [0.717, 1.165) is 4.90 Å². The first kappa shape index (κ1) is 15.1. The molecule has 0 fully saturated rings. The SMILES string of the molecule is O=C(O)C(Cc1ccc(O)cc1)N1C(=O)c2ccccc2C1O. The van der Waals surface area contributed by atoms with Crippen LogP contribution in [-0.4, -0.2) is 38.1 Å². The molecular weight excluding hydrogens is 298 g/mol. The Kier molecular flexibility index (Phi) is 3.75. The summed E-state index contributed by atoms with van der Waals surface area (Å²) in [7, 11) is 0. The van der Waals surface area contributed by atoms with Crippen LogP contribution in [0.4, 0.5) is 0 Å². The number of phenols is 1. The Hall–Kier alpha value is -2.86. The van der Waals surface area contributed by atoms with Gasteiger partial charge in [0.15, 0.2) is 6.23 Å². The first-order chi connectivity index (χ1) is 11.0. The highest BCUT2D eigenvalue weighted by molar-refractivity contribution is 6.01. The van der Waals surface area contributed by atoms with Crippen LogP contribution in [-0.2, 0) is 11.2 Å². The Labute approximate surface area is 132 Å². The number of aliphatic hydroxyl groups excluding tert-OH is 1. The van der Waals surface area contributed by atoms with Gasteiger partial charge in [-0.3, -0.25) is 9.69 Å². The minimum absolute atomic E-state index is 0.0341. The van der Waals surface area contributed by atoms with Crippen molar-refractivity contribution >= 4 is 11.9 Å². The number of nitrogens with zero attached hydrogens (tertiary/aromatic N) is 1. The Bertz CT molecular complexity index is 756. The van der Waals surface area contributed by atoms with Gasteiger partial charge in [0, 0.05) is 17.5 Å². The van der Waals surface area contributed by atoms with E-state index in [4.69, 9.17) is 0 Å².